The summed E-state index contributed by atoms with van der Waals surface area (Å²) in [6.07, 6.45) is -5.82. The van der Waals surface area contributed by atoms with Gasteiger partial charge in [0.2, 0.25) is 0 Å². The summed E-state index contributed by atoms with van der Waals surface area (Å²) in [5, 5.41) is -1.29. The molecule has 1 atom stereocenters. The largest absolute Gasteiger partial charge is 0.476 e. The van der Waals surface area contributed by atoms with Crippen molar-refractivity contribution in [3.8, 4) is 5.75 Å². The van der Waals surface area contributed by atoms with Crippen LogP contribution in [0.3, 0.4) is 0 Å². The van der Waals surface area contributed by atoms with Gasteiger partial charge in [-0.25, -0.2) is 0 Å². The van der Waals surface area contributed by atoms with Crippen molar-refractivity contribution in [2.75, 3.05) is 0 Å². The molecule has 7 heteroatoms. The quantitative estimate of drug-likeness (QED) is 0.706. The molecule has 0 heterocycles. The zero-order valence-electron chi connectivity index (χ0n) is 10.9. The minimum Gasteiger partial charge on any atom is -0.476 e. The van der Waals surface area contributed by atoms with E-state index in [1.165, 1.54) is 6.07 Å². The van der Waals surface area contributed by atoms with Crippen LogP contribution < -0.4 is 4.74 Å². The van der Waals surface area contributed by atoms with E-state index >= 15 is 0 Å². The third-order valence-electron chi connectivity index (χ3n) is 2.81. The van der Waals surface area contributed by atoms with Crippen LogP contribution in [0, 0.1) is 0 Å². The molecule has 0 aromatic heterocycles. The molecule has 0 radical (unpaired) electrons. The fraction of sp³-hybridized carbons (Fsp3) is 0.133. The maximum Gasteiger partial charge on any atom is 0.417 e. The first-order valence-electron chi connectivity index (χ1n) is 6.06. The minimum absolute atomic E-state index is 0.153. The maximum absolute atomic E-state index is 12.8. The van der Waals surface area contributed by atoms with Crippen LogP contribution in [0.1, 0.15) is 17.2 Å². The summed E-state index contributed by atoms with van der Waals surface area (Å²) in [7, 11) is 0. The van der Waals surface area contributed by atoms with Gasteiger partial charge >= 0.3 is 6.18 Å². The van der Waals surface area contributed by atoms with Gasteiger partial charge in [0.1, 0.15) is 5.75 Å². The smallest absolute Gasteiger partial charge is 0.417 e. The van der Waals surface area contributed by atoms with E-state index in [4.69, 9.17) is 27.9 Å². The molecule has 0 saturated heterocycles. The Morgan fingerprint density at radius 3 is 2.27 bits per heavy atom. The van der Waals surface area contributed by atoms with Crippen molar-refractivity contribution in [1.29, 1.82) is 0 Å². The van der Waals surface area contributed by atoms with Crippen molar-refractivity contribution < 1.29 is 22.7 Å². The van der Waals surface area contributed by atoms with Gasteiger partial charge in [-0.1, -0.05) is 41.9 Å². The normalized spacial score (nSPS) is 12.8. The van der Waals surface area contributed by atoms with Crippen LogP contribution in [0.25, 0.3) is 0 Å². The van der Waals surface area contributed by atoms with E-state index in [-0.39, 0.29) is 5.75 Å². The lowest BCUT2D eigenvalue weighted by Crippen LogP contribution is -2.15. The van der Waals surface area contributed by atoms with Gasteiger partial charge in [0.15, 0.2) is 6.10 Å². The molecule has 0 aliphatic carbocycles. The first-order chi connectivity index (χ1) is 10.3. The summed E-state index contributed by atoms with van der Waals surface area (Å²) in [6.45, 7) is 0. The summed E-state index contributed by atoms with van der Waals surface area (Å²) >= 11 is 11.0. The molecule has 0 aliphatic heterocycles. The van der Waals surface area contributed by atoms with Crippen molar-refractivity contribution in [3.05, 3.63) is 64.7 Å². The Morgan fingerprint density at radius 1 is 1.09 bits per heavy atom. The molecule has 0 amide bonds. The fourth-order valence-electron chi connectivity index (χ4n) is 1.80. The topological polar surface area (TPSA) is 26.3 Å². The summed E-state index contributed by atoms with van der Waals surface area (Å²) < 4.78 is 43.8. The van der Waals surface area contributed by atoms with Crippen LogP contribution in [0.15, 0.2) is 48.5 Å². The summed E-state index contributed by atoms with van der Waals surface area (Å²) in [6, 6.07) is 11.3. The molecule has 0 bridgehead atoms. The van der Waals surface area contributed by atoms with E-state index in [1.54, 1.807) is 30.3 Å². The molecular formula is C15H9Cl2F3O2. The highest BCUT2D eigenvalue weighted by atomic mass is 35.5. The molecule has 116 valence electrons. The Morgan fingerprint density at radius 2 is 1.73 bits per heavy atom. The molecule has 2 nitrogen and oxygen atoms in total. The van der Waals surface area contributed by atoms with Gasteiger partial charge < -0.3 is 4.74 Å². The van der Waals surface area contributed by atoms with E-state index in [0.29, 0.717) is 5.56 Å². The Balaban J connectivity index is 2.34. The Labute approximate surface area is 134 Å². The summed E-state index contributed by atoms with van der Waals surface area (Å²) in [4.78, 5) is 11.5. The van der Waals surface area contributed by atoms with Gasteiger partial charge in [0.25, 0.3) is 5.24 Å². The maximum atomic E-state index is 12.8. The van der Waals surface area contributed by atoms with E-state index in [2.05, 4.69) is 0 Å². The molecule has 2 aromatic carbocycles. The van der Waals surface area contributed by atoms with Gasteiger partial charge in [-0.05, 0) is 29.8 Å². The van der Waals surface area contributed by atoms with Gasteiger partial charge in [-0.2, -0.15) is 13.2 Å². The van der Waals surface area contributed by atoms with Crippen molar-refractivity contribution in [3.63, 3.8) is 0 Å². The van der Waals surface area contributed by atoms with Crippen LogP contribution in [-0.4, -0.2) is 5.24 Å². The van der Waals surface area contributed by atoms with Crippen LogP contribution in [0.5, 0.6) is 5.75 Å². The number of halogens is 5. The van der Waals surface area contributed by atoms with E-state index in [9.17, 15) is 18.0 Å². The second-order valence-corrected chi connectivity index (χ2v) is 5.13. The number of benzene rings is 2. The summed E-state index contributed by atoms with van der Waals surface area (Å²) in [5.74, 6) is -0.153. The molecule has 0 saturated carbocycles. The standard InChI is InChI=1S/C15H9Cl2F3O2/c16-12-7-6-10(8-11(12)15(18,19)20)22-13(14(17)21)9-4-2-1-3-5-9/h1-8,13H. The minimum atomic E-state index is -4.62. The average molecular weight is 349 g/mol. The van der Waals surface area contributed by atoms with Crippen LogP contribution in [0.4, 0.5) is 13.2 Å². The lowest BCUT2D eigenvalue weighted by atomic mass is 10.1. The Kier molecular flexibility index (Phi) is 4.98. The molecule has 0 spiro atoms. The predicted octanol–water partition coefficient (Wildman–Crippen LogP) is 5.24. The first-order valence-corrected chi connectivity index (χ1v) is 6.82. The molecule has 2 aromatic rings. The number of ether oxygens (including phenoxy) is 1. The monoisotopic (exact) mass is 348 g/mol. The van der Waals surface area contributed by atoms with Crippen molar-refractivity contribution >= 4 is 28.4 Å². The number of carbonyl (C=O) groups excluding carboxylic acids is 1. The molecule has 1 unspecified atom stereocenters. The zero-order chi connectivity index (χ0) is 16.3. The van der Waals surface area contributed by atoms with Gasteiger partial charge in [-0.3, -0.25) is 4.79 Å². The summed E-state index contributed by atoms with van der Waals surface area (Å²) in [5.41, 5.74) is -0.605. The lowest BCUT2D eigenvalue weighted by Gasteiger charge is -2.17. The van der Waals surface area contributed by atoms with Crippen molar-refractivity contribution in [2.24, 2.45) is 0 Å². The average Bonchev–Trinajstić information content (AvgIpc) is 2.45. The molecular weight excluding hydrogens is 340 g/mol. The van der Waals surface area contributed by atoms with Crippen LogP contribution in [-0.2, 0) is 11.0 Å². The molecule has 0 fully saturated rings. The molecule has 0 aliphatic rings. The molecule has 22 heavy (non-hydrogen) atoms. The van der Waals surface area contributed by atoms with Crippen molar-refractivity contribution in [1.82, 2.24) is 0 Å². The van der Waals surface area contributed by atoms with Crippen molar-refractivity contribution in [2.45, 2.75) is 12.3 Å². The second kappa shape index (κ2) is 6.58. The third kappa shape index (κ3) is 3.93. The van der Waals surface area contributed by atoms with E-state index in [1.807, 2.05) is 0 Å². The van der Waals surface area contributed by atoms with Crippen LogP contribution >= 0.6 is 23.2 Å². The predicted molar refractivity (Wildman–Crippen MR) is 77.1 cm³/mol. The third-order valence-corrected chi connectivity index (χ3v) is 3.33. The number of hydrogen-bond acceptors (Lipinski definition) is 2. The van der Waals surface area contributed by atoms with Gasteiger partial charge in [0.05, 0.1) is 10.6 Å². The SMILES string of the molecule is O=C(Cl)C(Oc1ccc(Cl)c(C(F)(F)F)c1)c1ccccc1. The highest BCUT2D eigenvalue weighted by Gasteiger charge is 2.34. The Hall–Kier alpha value is -1.72. The molecule has 2 rings (SSSR count). The first kappa shape index (κ1) is 16.6. The number of alkyl halides is 3. The highest BCUT2D eigenvalue weighted by molar-refractivity contribution is 6.64. The second-order valence-electron chi connectivity index (χ2n) is 4.35. The number of hydrogen-bond donors (Lipinski definition) is 0. The van der Waals surface area contributed by atoms with Gasteiger partial charge in [-0.15, -0.1) is 0 Å². The fourth-order valence-corrected chi connectivity index (χ4v) is 2.20. The number of rotatable bonds is 4. The van der Waals surface area contributed by atoms with Crippen LogP contribution in [0.2, 0.25) is 5.02 Å². The number of carbonyl (C=O) groups is 1. The zero-order valence-corrected chi connectivity index (χ0v) is 12.4. The van der Waals surface area contributed by atoms with Gasteiger partial charge in [0, 0.05) is 5.56 Å². The molecule has 0 N–H and O–H groups in total. The lowest BCUT2D eigenvalue weighted by molar-refractivity contribution is -0.137. The Bertz CT molecular complexity index is 672. The van der Waals surface area contributed by atoms with E-state index in [0.717, 1.165) is 12.1 Å². The van der Waals surface area contributed by atoms with E-state index < -0.39 is 28.1 Å². The highest BCUT2D eigenvalue weighted by Crippen LogP contribution is 2.37.